The summed E-state index contributed by atoms with van der Waals surface area (Å²) in [5.74, 6) is -1.97. The molecule has 0 aliphatic carbocycles. The van der Waals surface area contributed by atoms with Crippen molar-refractivity contribution >= 4 is 21.8 Å². The quantitative estimate of drug-likeness (QED) is 0.821. The van der Waals surface area contributed by atoms with Crippen molar-refractivity contribution in [2.75, 3.05) is 27.2 Å². The van der Waals surface area contributed by atoms with Gasteiger partial charge in [-0.1, -0.05) is 22.9 Å². The Kier molecular flexibility index (Phi) is 4.44. The monoisotopic (exact) mass is 346 g/mol. The summed E-state index contributed by atoms with van der Waals surface area (Å²) in [6.07, 6.45) is 0. The molecule has 3 nitrogen and oxygen atoms in total. The summed E-state index contributed by atoms with van der Waals surface area (Å²) in [4.78, 5) is 15.9. The van der Waals surface area contributed by atoms with Gasteiger partial charge >= 0.3 is 0 Å². The molecule has 0 aromatic heterocycles. The fraction of sp³-hybridized carbons (Fsp3) is 0.500. The molecule has 1 aromatic rings. The number of carbonyl (C=O) groups excluding carboxylic acids is 1. The third-order valence-electron chi connectivity index (χ3n) is 3.74. The Bertz CT molecular complexity index is 513. The number of carbonyl (C=O) groups is 1. The van der Waals surface area contributed by atoms with E-state index < -0.39 is 23.1 Å². The highest BCUT2D eigenvalue weighted by Crippen LogP contribution is 2.25. The van der Waals surface area contributed by atoms with E-state index in [2.05, 4.69) is 15.9 Å². The Morgan fingerprint density at radius 2 is 1.85 bits per heavy atom. The van der Waals surface area contributed by atoms with Crippen molar-refractivity contribution in [1.29, 1.82) is 0 Å². The molecule has 0 bridgehead atoms. The minimum absolute atomic E-state index is 0.209. The maximum atomic E-state index is 13.8. The zero-order chi connectivity index (χ0) is 15.0. The van der Waals surface area contributed by atoms with Crippen LogP contribution in [0.15, 0.2) is 16.6 Å². The summed E-state index contributed by atoms with van der Waals surface area (Å²) in [6.45, 7) is 3.03. The van der Waals surface area contributed by atoms with Crippen LogP contribution in [-0.4, -0.2) is 48.9 Å². The number of hydrogen-bond donors (Lipinski definition) is 0. The van der Waals surface area contributed by atoms with Crippen molar-refractivity contribution in [3.63, 3.8) is 0 Å². The van der Waals surface area contributed by atoms with Crippen molar-refractivity contribution < 1.29 is 13.6 Å². The topological polar surface area (TPSA) is 23.6 Å². The Morgan fingerprint density at radius 3 is 2.30 bits per heavy atom. The third-order valence-corrected chi connectivity index (χ3v) is 4.20. The first kappa shape index (κ1) is 15.4. The molecule has 1 heterocycles. The molecule has 6 heteroatoms. The number of likely N-dealkylation sites (N-methyl/N-ethyl adjacent to an activating group) is 1. The molecule has 20 heavy (non-hydrogen) atoms. The number of rotatable bonds is 2. The van der Waals surface area contributed by atoms with Gasteiger partial charge in [0.2, 0.25) is 0 Å². The van der Waals surface area contributed by atoms with Gasteiger partial charge < -0.3 is 9.80 Å². The lowest BCUT2D eigenvalue weighted by Gasteiger charge is -2.22. The highest BCUT2D eigenvalue weighted by molar-refractivity contribution is 9.10. The van der Waals surface area contributed by atoms with Crippen LogP contribution >= 0.6 is 15.9 Å². The molecule has 2 atom stereocenters. The largest absolute Gasteiger partial charge is 0.337 e. The van der Waals surface area contributed by atoms with Gasteiger partial charge in [0.15, 0.2) is 0 Å². The second-order valence-electron chi connectivity index (χ2n) is 5.46. The van der Waals surface area contributed by atoms with Gasteiger partial charge in [0.05, 0.1) is 0 Å². The third kappa shape index (κ3) is 2.86. The molecular weight excluding hydrogens is 330 g/mol. The predicted octanol–water partition coefficient (Wildman–Crippen LogP) is 2.75. The van der Waals surface area contributed by atoms with Gasteiger partial charge in [-0.25, -0.2) is 8.78 Å². The lowest BCUT2D eigenvalue weighted by molar-refractivity contribution is 0.0771. The zero-order valence-corrected chi connectivity index (χ0v) is 13.2. The molecule has 1 amide bonds. The molecule has 110 valence electrons. The molecule has 2 unspecified atom stereocenters. The zero-order valence-electron chi connectivity index (χ0n) is 11.7. The van der Waals surface area contributed by atoms with Crippen LogP contribution in [0, 0.1) is 17.6 Å². The van der Waals surface area contributed by atoms with Gasteiger partial charge in [-0.3, -0.25) is 4.79 Å². The first-order chi connectivity index (χ1) is 9.31. The lowest BCUT2D eigenvalue weighted by Crippen LogP contribution is -2.36. The number of amides is 1. The van der Waals surface area contributed by atoms with Crippen LogP contribution in [0.5, 0.6) is 0 Å². The summed E-state index contributed by atoms with van der Waals surface area (Å²) >= 11 is 3.01. The normalized spacial score (nSPS) is 22.6. The summed E-state index contributed by atoms with van der Waals surface area (Å²) in [7, 11) is 3.88. The molecule has 0 N–H and O–H groups in total. The van der Waals surface area contributed by atoms with E-state index in [0.717, 1.165) is 12.1 Å². The Labute approximate surface area is 125 Å². The summed E-state index contributed by atoms with van der Waals surface area (Å²) in [5, 5.41) is 0. The summed E-state index contributed by atoms with van der Waals surface area (Å²) in [6, 6.07) is 2.43. The van der Waals surface area contributed by atoms with Crippen LogP contribution in [0.25, 0.3) is 0 Å². The second kappa shape index (κ2) is 5.77. The number of likely N-dealkylation sites (tertiary alicyclic amines) is 1. The number of benzene rings is 1. The highest BCUT2D eigenvalue weighted by Gasteiger charge is 2.35. The minimum Gasteiger partial charge on any atom is -0.337 e. The fourth-order valence-electron chi connectivity index (χ4n) is 2.69. The van der Waals surface area contributed by atoms with E-state index in [9.17, 15) is 13.6 Å². The van der Waals surface area contributed by atoms with E-state index in [0.29, 0.717) is 13.1 Å². The molecule has 1 aliphatic rings. The van der Waals surface area contributed by atoms with E-state index in [4.69, 9.17) is 0 Å². The van der Waals surface area contributed by atoms with Crippen LogP contribution in [0.4, 0.5) is 8.78 Å². The number of nitrogens with zero attached hydrogens (tertiary/aromatic N) is 2. The Hall–Kier alpha value is -1.01. The fourth-order valence-corrected chi connectivity index (χ4v) is 3.09. The van der Waals surface area contributed by atoms with Gasteiger partial charge in [0.1, 0.15) is 17.2 Å². The van der Waals surface area contributed by atoms with Crippen LogP contribution in [0.2, 0.25) is 0 Å². The molecule has 1 aromatic carbocycles. The molecule has 1 saturated heterocycles. The average Bonchev–Trinajstić information content (AvgIpc) is 2.69. The van der Waals surface area contributed by atoms with Gasteiger partial charge in [-0.15, -0.1) is 0 Å². The smallest absolute Gasteiger partial charge is 0.259 e. The van der Waals surface area contributed by atoms with E-state index in [-0.39, 0.29) is 16.4 Å². The minimum atomic E-state index is -0.831. The SMILES string of the molecule is CC1CN(C(=O)c2c(F)cc(Br)cc2F)CC1N(C)C. The maximum Gasteiger partial charge on any atom is 0.259 e. The molecule has 1 aliphatic heterocycles. The molecule has 0 saturated carbocycles. The second-order valence-corrected chi connectivity index (χ2v) is 6.38. The highest BCUT2D eigenvalue weighted by atomic mass is 79.9. The van der Waals surface area contributed by atoms with Crippen molar-refractivity contribution in [3.8, 4) is 0 Å². The first-order valence-corrected chi connectivity index (χ1v) is 7.20. The number of halogens is 3. The van der Waals surface area contributed by atoms with Crippen LogP contribution in [-0.2, 0) is 0 Å². The molecule has 0 radical (unpaired) electrons. The summed E-state index contributed by atoms with van der Waals surface area (Å²) < 4.78 is 28.0. The Balaban J connectivity index is 2.26. The van der Waals surface area contributed by atoms with Crippen LogP contribution in [0.3, 0.4) is 0 Å². The number of hydrogen-bond acceptors (Lipinski definition) is 2. The predicted molar refractivity (Wildman–Crippen MR) is 76.6 cm³/mol. The summed E-state index contributed by atoms with van der Waals surface area (Å²) in [5.41, 5.74) is -0.472. The molecule has 2 rings (SSSR count). The average molecular weight is 347 g/mol. The van der Waals surface area contributed by atoms with Crippen molar-refractivity contribution in [2.45, 2.75) is 13.0 Å². The lowest BCUT2D eigenvalue weighted by atomic mass is 10.1. The van der Waals surface area contributed by atoms with E-state index in [1.807, 2.05) is 25.9 Å². The van der Waals surface area contributed by atoms with E-state index in [1.165, 1.54) is 4.90 Å². The first-order valence-electron chi connectivity index (χ1n) is 6.41. The standard InChI is InChI=1S/C14H17BrF2N2O/c1-8-6-19(7-12(8)18(2)3)14(20)13-10(16)4-9(15)5-11(13)17/h4-5,8,12H,6-7H2,1-3H3. The molecule has 1 fully saturated rings. The van der Waals surface area contributed by atoms with Crippen molar-refractivity contribution in [3.05, 3.63) is 33.8 Å². The van der Waals surface area contributed by atoms with E-state index in [1.54, 1.807) is 0 Å². The van der Waals surface area contributed by atoms with Gasteiger partial charge in [0.25, 0.3) is 5.91 Å². The molecule has 0 spiro atoms. The maximum absolute atomic E-state index is 13.8. The van der Waals surface area contributed by atoms with Crippen molar-refractivity contribution in [2.24, 2.45) is 5.92 Å². The van der Waals surface area contributed by atoms with Gasteiger partial charge in [-0.2, -0.15) is 0 Å². The Morgan fingerprint density at radius 1 is 1.30 bits per heavy atom. The van der Waals surface area contributed by atoms with Gasteiger partial charge in [0, 0.05) is 23.6 Å². The van der Waals surface area contributed by atoms with Crippen molar-refractivity contribution in [1.82, 2.24) is 9.80 Å². The molecular formula is C14H17BrF2N2O. The van der Waals surface area contributed by atoms with Crippen LogP contribution < -0.4 is 0 Å². The van der Waals surface area contributed by atoms with E-state index >= 15 is 0 Å². The van der Waals surface area contributed by atoms with Crippen LogP contribution in [0.1, 0.15) is 17.3 Å². The van der Waals surface area contributed by atoms with Gasteiger partial charge in [-0.05, 0) is 32.1 Å².